The van der Waals surface area contributed by atoms with Crippen molar-refractivity contribution in [3.05, 3.63) is 16.7 Å². The lowest BCUT2D eigenvalue weighted by Gasteiger charge is -2.17. The van der Waals surface area contributed by atoms with Crippen LogP contribution in [0.1, 0.15) is 13.2 Å². The molecule has 1 aliphatic heterocycles. The van der Waals surface area contributed by atoms with Gasteiger partial charge in [-0.25, -0.2) is 9.55 Å². The van der Waals surface area contributed by atoms with E-state index in [0.717, 1.165) is 6.33 Å². The van der Waals surface area contributed by atoms with Crippen molar-refractivity contribution >= 4 is 31.4 Å². The number of aliphatic hydroxyl groups excluding tert-OH is 2. The monoisotopic (exact) mass is 435 g/mol. The quantitative estimate of drug-likeness (QED) is 0.147. The molecule has 0 bridgehead atoms. The Morgan fingerprint density at radius 2 is 2.17 bits per heavy atom. The van der Waals surface area contributed by atoms with E-state index in [1.54, 1.807) is 0 Å². The smallest absolute Gasteiger partial charge is 0.444 e. The minimum Gasteiger partial charge on any atom is -0.444 e. The zero-order chi connectivity index (χ0) is 21.3. The summed E-state index contributed by atoms with van der Waals surface area (Å²) in [5.41, 5.74) is -0.758. The fraction of sp³-hybridized carbons (Fsp3) is 0.538. The van der Waals surface area contributed by atoms with E-state index in [-0.39, 0.29) is 23.6 Å². The number of nitrogens with zero attached hydrogens (tertiary/aromatic N) is 3. The lowest BCUT2D eigenvalue weighted by molar-refractivity contribution is -0.131. The lowest BCUT2D eigenvalue weighted by Crippen LogP contribution is -2.33. The van der Waals surface area contributed by atoms with E-state index in [4.69, 9.17) is 14.5 Å². The number of carbonyl (C=O) groups is 1. The van der Waals surface area contributed by atoms with Crippen LogP contribution in [0.25, 0.3) is 11.2 Å². The molecule has 5 atom stereocenters. The van der Waals surface area contributed by atoms with Gasteiger partial charge in [0.05, 0.1) is 12.9 Å². The number of imidazole rings is 1. The van der Waals surface area contributed by atoms with Crippen molar-refractivity contribution in [2.24, 2.45) is 0 Å². The summed E-state index contributed by atoms with van der Waals surface area (Å²) in [7, 11) is -4.81. The fourth-order valence-electron chi connectivity index (χ4n) is 2.76. The van der Waals surface area contributed by atoms with Crippen LogP contribution in [0.4, 0.5) is 5.95 Å². The third kappa shape index (κ3) is 4.62. The molecule has 3 heterocycles. The predicted molar refractivity (Wildman–Crippen MR) is 92.3 cm³/mol. The molecule has 160 valence electrons. The van der Waals surface area contributed by atoms with Gasteiger partial charge in [0.1, 0.15) is 18.3 Å². The summed E-state index contributed by atoms with van der Waals surface area (Å²) < 4.78 is 26.4. The number of fused-ring (bicyclic) bond motifs is 1. The standard InChI is InChI=1S/C13H18N5O10P/c1-5(26-4-19)15-13-16-10-7(11(22)17-13)14-3-18(10)12-9(21)8(20)6(28-12)2-27-29(23,24)25/h3-6,8-9,12,20-21H,2H2,1H3,(H2,23,24,25)(H2,15,16,17,22)/t5?,6-,8-,9-,12-/m1/s1. The van der Waals surface area contributed by atoms with Gasteiger partial charge in [-0.2, -0.15) is 4.98 Å². The van der Waals surface area contributed by atoms with Gasteiger partial charge in [0, 0.05) is 0 Å². The molecule has 0 saturated carbocycles. The van der Waals surface area contributed by atoms with Crippen molar-refractivity contribution in [1.29, 1.82) is 0 Å². The van der Waals surface area contributed by atoms with E-state index in [1.165, 1.54) is 11.5 Å². The molecule has 6 N–H and O–H groups in total. The number of ether oxygens (including phenoxy) is 2. The Morgan fingerprint density at radius 3 is 2.83 bits per heavy atom. The number of hydrogen-bond donors (Lipinski definition) is 6. The van der Waals surface area contributed by atoms with E-state index in [2.05, 4.69) is 29.5 Å². The highest BCUT2D eigenvalue weighted by Crippen LogP contribution is 2.38. The Labute approximate surface area is 161 Å². The van der Waals surface area contributed by atoms with Crippen molar-refractivity contribution in [3.63, 3.8) is 0 Å². The number of hydrogen-bond acceptors (Lipinski definition) is 11. The number of anilines is 1. The number of aromatic amines is 1. The summed E-state index contributed by atoms with van der Waals surface area (Å²) in [4.78, 5) is 50.6. The third-order valence-electron chi connectivity index (χ3n) is 4.05. The van der Waals surface area contributed by atoms with Gasteiger partial charge < -0.3 is 34.8 Å². The highest BCUT2D eigenvalue weighted by atomic mass is 31.2. The maximum Gasteiger partial charge on any atom is 0.469 e. The molecule has 1 unspecified atom stereocenters. The third-order valence-corrected chi connectivity index (χ3v) is 4.54. The van der Waals surface area contributed by atoms with Crippen LogP contribution in [-0.2, 0) is 23.4 Å². The van der Waals surface area contributed by atoms with Gasteiger partial charge in [0.25, 0.3) is 12.0 Å². The van der Waals surface area contributed by atoms with Crippen LogP contribution < -0.4 is 10.9 Å². The Kier molecular flexibility index (Phi) is 6.00. The lowest BCUT2D eigenvalue weighted by atomic mass is 10.1. The first-order valence-electron chi connectivity index (χ1n) is 8.15. The Morgan fingerprint density at radius 1 is 1.45 bits per heavy atom. The molecule has 0 aromatic carbocycles. The van der Waals surface area contributed by atoms with Gasteiger partial charge in [0.15, 0.2) is 23.6 Å². The number of phosphoric acid groups is 1. The molecule has 1 aliphatic rings. The predicted octanol–water partition coefficient (Wildman–Crippen LogP) is -2.22. The number of nitrogens with one attached hydrogen (secondary N) is 2. The molecule has 2 aromatic rings. The van der Waals surface area contributed by atoms with Gasteiger partial charge in [-0.05, 0) is 6.92 Å². The van der Waals surface area contributed by atoms with Crippen LogP contribution in [-0.4, -0.2) is 77.1 Å². The molecule has 16 heteroatoms. The molecule has 2 aromatic heterocycles. The zero-order valence-corrected chi connectivity index (χ0v) is 15.7. The van der Waals surface area contributed by atoms with Gasteiger partial charge >= 0.3 is 7.82 Å². The molecule has 0 radical (unpaired) electrons. The molecule has 29 heavy (non-hydrogen) atoms. The summed E-state index contributed by atoms with van der Waals surface area (Å²) in [6.45, 7) is 1.01. The molecule has 0 spiro atoms. The van der Waals surface area contributed by atoms with E-state index in [0.29, 0.717) is 0 Å². The molecular weight excluding hydrogens is 417 g/mol. The average Bonchev–Trinajstić information content (AvgIpc) is 3.15. The SMILES string of the molecule is CC(Nc1nc2c(ncn2[C@@H]2O[C@H](COP(=O)(O)O)[C@@H](O)[C@H]2O)c(=O)[nH]1)OC=O. The second kappa shape index (κ2) is 8.16. The maximum absolute atomic E-state index is 12.2. The summed E-state index contributed by atoms with van der Waals surface area (Å²) in [5.74, 6) is -0.0620. The number of rotatable bonds is 8. The van der Waals surface area contributed by atoms with Crippen LogP contribution in [0.5, 0.6) is 0 Å². The van der Waals surface area contributed by atoms with Gasteiger partial charge in [-0.3, -0.25) is 23.7 Å². The number of H-pyrrole nitrogens is 1. The number of carbonyl (C=O) groups excluding carboxylic acids is 1. The fourth-order valence-corrected chi connectivity index (χ4v) is 3.10. The first kappa shape index (κ1) is 21.3. The average molecular weight is 435 g/mol. The largest absolute Gasteiger partial charge is 0.469 e. The Hall–Kier alpha value is -2.39. The molecule has 15 nitrogen and oxygen atoms in total. The van der Waals surface area contributed by atoms with Gasteiger partial charge in [-0.1, -0.05) is 0 Å². The molecule has 1 fully saturated rings. The van der Waals surface area contributed by atoms with Crippen LogP contribution in [0.3, 0.4) is 0 Å². The molecule has 3 rings (SSSR count). The molecule has 0 aliphatic carbocycles. The first-order chi connectivity index (χ1) is 13.6. The number of aromatic nitrogens is 4. The van der Waals surface area contributed by atoms with Crippen molar-refractivity contribution < 1.29 is 43.4 Å². The minimum absolute atomic E-state index is 0.0256. The highest BCUT2D eigenvalue weighted by molar-refractivity contribution is 7.46. The van der Waals surface area contributed by atoms with Crippen molar-refractivity contribution in [2.75, 3.05) is 11.9 Å². The second-order valence-electron chi connectivity index (χ2n) is 6.09. The van der Waals surface area contributed by atoms with E-state index in [1.807, 2.05) is 0 Å². The van der Waals surface area contributed by atoms with E-state index < -0.39 is 50.8 Å². The van der Waals surface area contributed by atoms with Crippen LogP contribution in [0.2, 0.25) is 0 Å². The first-order valence-corrected chi connectivity index (χ1v) is 9.68. The highest BCUT2D eigenvalue weighted by Gasteiger charge is 2.45. The van der Waals surface area contributed by atoms with Crippen LogP contribution in [0.15, 0.2) is 11.1 Å². The topological polar surface area (TPSA) is 218 Å². The molecule has 1 saturated heterocycles. The number of aliphatic hydroxyl groups is 2. The minimum atomic E-state index is -4.81. The Bertz CT molecular complexity index is 988. The van der Waals surface area contributed by atoms with Gasteiger partial charge in [-0.15, -0.1) is 0 Å². The maximum atomic E-state index is 12.2. The molecular formula is C13H18N5O10P. The van der Waals surface area contributed by atoms with E-state index >= 15 is 0 Å². The van der Waals surface area contributed by atoms with Crippen LogP contribution >= 0.6 is 7.82 Å². The summed E-state index contributed by atoms with van der Waals surface area (Å²) >= 11 is 0. The second-order valence-corrected chi connectivity index (χ2v) is 7.33. The zero-order valence-electron chi connectivity index (χ0n) is 14.8. The van der Waals surface area contributed by atoms with Crippen molar-refractivity contribution in [2.45, 2.75) is 37.7 Å². The summed E-state index contributed by atoms with van der Waals surface area (Å²) in [6.07, 6.45) is -5.27. The van der Waals surface area contributed by atoms with E-state index in [9.17, 15) is 24.4 Å². The normalized spacial score (nSPS) is 25.8. The van der Waals surface area contributed by atoms with Crippen LogP contribution in [0, 0.1) is 0 Å². The number of phosphoric ester groups is 1. The molecule has 0 amide bonds. The summed E-state index contributed by atoms with van der Waals surface area (Å²) in [5, 5.41) is 23.0. The Balaban J connectivity index is 1.89. The summed E-state index contributed by atoms with van der Waals surface area (Å²) in [6, 6.07) is 0. The van der Waals surface area contributed by atoms with Gasteiger partial charge in [0.2, 0.25) is 5.95 Å². The van der Waals surface area contributed by atoms with Crippen molar-refractivity contribution in [1.82, 2.24) is 19.5 Å². The van der Waals surface area contributed by atoms with Crippen molar-refractivity contribution in [3.8, 4) is 0 Å².